The molecule has 4 N–H and O–H groups in total. The van der Waals surface area contributed by atoms with Gasteiger partial charge in [0.05, 0.1) is 0 Å². The van der Waals surface area contributed by atoms with E-state index < -0.39 is 0 Å². The van der Waals surface area contributed by atoms with E-state index in [0.717, 1.165) is 19.5 Å². The fourth-order valence-electron chi connectivity index (χ4n) is 2.81. The van der Waals surface area contributed by atoms with E-state index in [1.54, 1.807) is 12.1 Å². The zero-order valence-corrected chi connectivity index (χ0v) is 12.5. The van der Waals surface area contributed by atoms with Crippen LogP contribution in [0.15, 0.2) is 23.4 Å². The number of likely N-dealkylation sites (tertiary alicyclic amines) is 1. The Morgan fingerprint density at radius 1 is 1.57 bits per heavy atom. The first-order chi connectivity index (χ1) is 10.0. The average Bonchev–Trinajstić information content (AvgIpc) is 2.46. The summed E-state index contributed by atoms with van der Waals surface area (Å²) in [7, 11) is 2.12. The molecular weight excluding hydrogens is 271 g/mol. The average molecular weight is 294 g/mol. The number of nitrogens with zero attached hydrogens (tertiary/aromatic N) is 2. The second-order valence-corrected chi connectivity index (χ2v) is 5.81. The number of piperidine rings is 1. The molecule has 2 unspecified atom stereocenters. The minimum absolute atomic E-state index is 0.0858. The first-order valence-electron chi connectivity index (χ1n) is 7.19. The fraction of sp³-hybridized carbons (Fsp3) is 0.533. The molecule has 1 aromatic carbocycles. The van der Waals surface area contributed by atoms with Gasteiger partial charge in [-0.15, -0.1) is 0 Å². The van der Waals surface area contributed by atoms with Gasteiger partial charge in [0.2, 0.25) is 0 Å². The lowest BCUT2D eigenvalue weighted by Gasteiger charge is -2.35. The molecule has 1 aliphatic heterocycles. The van der Waals surface area contributed by atoms with Crippen molar-refractivity contribution in [2.45, 2.75) is 25.9 Å². The number of nitrogens with one attached hydrogen (secondary N) is 1. The van der Waals surface area contributed by atoms with Crippen LogP contribution in [-0.4, -0.2) is 42.1 Å². The molecule has 0 aromatic heterocycles. The van der Waals surface area contributed by atoms with E-state index in [1.165, 1.54) is 6.07 Å². The van der Waals surface area contributed by atoms with Crippen molar-refractivity contribution in [1.29, 1.82) is 0 Å². The molecule has 0 aliphatic carbocycles. The first kappa shape index (κ1) is 15.7. The van der Waals surface area contributed by atoms with Crippen molar-refractivity contribution in [1.82, 2.24) is 10.2 Å². The molecule has 1 heterocycles. The summed E-state index contributed by atoms with van der Waals surface area (Å²) in [4.78, 5) is 2.31. The van der Waals surface area contributed by atoms with Crippen molar-refractivity contribution in [2.75, 3.05) is 20.1 Å². The number of nitrogens with two attached hydrogens (primary N) is 1. The predicted molar refractivity (Wildman–Crippen MR) is 80.8 cm³/mol. The van der Waals surface area contributed by atoms with Gasteiger partial charge in [0.25, 0.3) is 0 Å². The van der Waals surface area contributed by atoms with Crippen LogP contribution in [0.2, 0.25) is 0 Å². The lowest BCUT2D eigenvalue weighted by Crippen LogP contribution is -2.46. The topological polar surface area (TPSA) is 73.9 Å². The molecule has 0 radical (unpaired) electrons. The van der Waals surface area contributed by atoms with E-state index in [-0.39, 0.29) is 11.7 Å². The second kappa shape index (κ2) is 6.87. The number of oxime groups is 1. The zero-order chi connectivity index (χ0) is 15.4. The van der Waals surface area contributed by atoms with Crippen LogP contribution in [0.5, 0.6) is 0 Å². The summed E-state index contributed by atoms with van der Waals surface area (Å²) in [6.07, 6.45) is 1.07. The Labute approximate surface area is 124 Å². The molecular formula is C15H23FN4O. The normalized spacial score (nSPS) is 24.2. The highest BCUT2D eigenvalue weighted by atomic mass is 19.1. The van der Waals surface area contributed by atoms with Crippen LogP contribution in [0.1, 0.15) is 24.5 Å². The minimum Gasteiger partial charge on any atom is -0.409 e. The monoisotopic (exact) mass is 294 g/mol. The second-order valence-electron chi connectivity index (χ2n) is 5.81. The summed E-state index contributed by atoms with van der Waals surface area (Å²) in [5, 5.41) is 14.9. The van der Waals surface area contributed by atoms with Gasteiger partial charge in [-0.25, -0.2) is 4.39 Å². The molecule has 116 valence electrons. The van der Waals surface area contributed by atoms with Crippen molar-refractivity contribution in [2.24, 2.45) is 16.8 Å². The maximum absolute atomic E-state index is 14.0. The minimum atomic E-state index is -0.341. The highest BCUT2D eigenvalue weighted by molar-refractivity contribution is 5.97. The molecule has 1 fully saturated rings. The third-order valence-corrected chi connectivity index (χ3v) is 4.12. The van der Waals surface area contributed by atoms with Gasteiger partial charge in [-0.3, -0.25) is 0 Å². The summed E-state index contributed by atoms with van der Waals surface area (Å²) in [5.41, 5.74) is 6.42. The van der Waals surface area contributed by atoms with Crippen LogP contribution in [0.25, 0.3) is 0 Å². The molecule has 1 aliphatic rings. The van der Waals surface area contributed by atoms with Crippen molar-refractivity contribution in [3.63, 3.8) is 0 Å². The Morgan fingerprint density at radius 2 is 2.33 bits per heavy atom. The number of hydrogen-bond acceptors (Lipinski definition) is 4. The highest BCUT2D eigenvalue weighted by Crippen LogP contribution is 2.17. The van der Waals surface area contributed by atoms with Gasteiger partial charge in [0.1, 0.15) is 5.82 Å². The standard InChI is InChI=1S/C15H23FN4O/c1-10-9-20(2)6-5-14(10)18-8-12-4-3-11(7-13(12)16)15(17)19-21/h3-4,7,10,14,18,21H,5-6,8-9H2,1-2H3,(H2,17,19). The number of benzene rings is 1. The Bertz CT molecular complexity index is 520. The molecule has 0 spiro atoms. The molecule has 21 heavy (non-hydrogen) atoms. The maximum atomic E-state index is 14.0. The summed E-state index contributed by atoms with van der Waals surface area (Å²) in [5.74, 6) is 0.118. The van der Waals surface area contributed by atoms with E-state index in [0.29, 0.717) is 29.6 Å². The third-order valence-electron chi connectivity index (χ3n) is 4.12. The van der Waals surface area contributed by atoms with E-state index >= 15 is 0 Å². The summed E-state index contributed by atoms with van der Waals surface area (Å²) in [6, 6.07) is 5.04. The maximum Gasteiger partial charge on any atom is 0.170 e. The Kier molecular flexibility index (Phi) is 5.14. The molecule has 2 atom stereocenters. The Hall–Kier alpha value is -1.66. The zero-order valence-electron chi connectivity index (χ0n) is 12.5. The molecule has 0 bridgehead atoms. The van der Waals surface area contributed by atoms with Gasteiger partial charge in [0.15, 0.2) is 5.84 Å². The smallest absolute Gasteiger partial charge is 0.170 e. The lowest BCUT2D eigenvalue weighted by atomic mass is 9.94. The molecule has 0 saturated carbocycles. The SMILES string of the molecule is CC1CN(C)CCC1NCc1ccc(/C(N)=N/O)cc1F. The molecule has 1 aromatic rings. The fourth-order valence-corrected chi connectivity index (χ4v) is 2.81. The molecule has 1 saturated heterocycles. The predicted octanol–water partition coefficient (Wildman–Crippen LogP) is 1.35. The van der Waals surface area contributed by atoms with Gasteiger partial charge < -0.3 is 21.2 Å². The van der Waals surface area contributed by atoms with Crippen LogP contribution in [0.4, 0.5) is 4.39 Å². The van der Waals surface area contributed by atoms with Crippen LogP contribution >= 0.6 is 0 Å². The van der Waals surface area contributed by atoms with Gasteiger partial charge in [-0.05, 0) is 32.0 Å². The van der Waals surface area contributed by atoms with Crippen LogP contribution < -0.4 is 11.1 Å². The van der Waals surface area contributed by atoms with Crippen molar-refractivity contribution in [3.8, 4) is 0 Å². The molecule has 6 heteroatoms. The van der Waals surface area contributed by atoms with Crippen molar-refractivity contribution in [3.05, 3.63) is 35.1 Å². The van der Waals surface area contributed by atoms with E-state index in [4.69, 9.17) is 10.9 Å². The van der Waals surface area contributed by atoms with E-state index in [9.17, 15) is 4.39 Å². The highest BCUT2D eigenvalue weighted by Gasteiger charge is 2.23. The number of rotatable bonds is 4. The number of halogens is 1. The molecule has 2 rings (SSSR count). The van der Waals surface area contributed by atoms with Gasteiger partial charge in [-0.1, -0.05) is 24.2 Å². The van der Waals surface area contributed by atoms with Crippen LogP contribution in [0, 0.1) is 11.7 Å². The van der Waals surface area contributed by atoms with Crippen molar-refractivity contribution >= 4 is 5.84 Å². The quantitative estimate of drug-likeness (QED) is 0.339. The first-order valence-corrected chi connectivity index (χ1v) is 7.19. The summed E-state index contributed by atoms with van der Waals surface area (Å²) in [6.45, 7) is 4.82. The summed E-state index contributed by atoms with van der Waals surface area (Å²) >= 11 is 0. The van der Waals surface area contributed by atoms with Crippen LogP contribution in [0.3, 0.4) is 0 Å². The van der Waals surface area contributed by atoms with E-state index in [2.05, 4.69) is 29.3 Å². The lowest BCUT2D eigenvalue weighted by molar-refractivity contribution is 0.174. The van der Waals surface area contributed by atoms with Gasteiger partial charge >= 0.3 is 0 Å². The number of hydrogen-bond donors (Lipinski definition) is 3. The van der Waals surface area contributed by atoms with E-state index in [1.807, 2.05) is 0 Å². The summed E-state index contributed by atoms with van der Waals surface area (Å²) < 4.78 is 14.0. The Balaban J connectivity index is 1.97. The third kappa shape index (κ3) is 3.92. The number of amidine groups is 1. The molecule has 0 amide bonds. The van der Waals surface area contributed by atoms with Crippen LogP contribution in [-0.2, 0) is 6.54 Å². The van der Waals surface area contributed by atoms with Gasteiger partial charge in [0, 0.05) is 30.3 Å². The molecule has 5 nitrogen and oxygen atoms in total. The van der Waals surface area contributed by atoms with Gasteiger partial charge in [-0.2, -0.15) is 0 Å². The largest absolute Gasteiger partial charge is 0.409 e. The van der Waals surface area contributed by atoms with Crippen molar-refractivity contribution < 1.29 is 9.60 Å². The Morgan fingerprint density at radius 3 is 2.95 bits per heavy atom.